The van der Waals surface area contributed by atoms with Gasteiger partial charge in [-0.05, 0) is 25.7 Å². The highest BCUT2D eigenvalue weighted by Gasteiger charge is 2.28. The zero-order valence-electron chi connectivity index (χ0n) is 11.0. The predicted octanol–water partition coefficient (Wildman–Crippen LogP) is 2.47. The summed E-state index contributed by atoms with van der Waals surface area (Å²) in [6.07, 6.45) is 6.17. The predicted molar refractivity (Wildman–Crippen MR) is 65.0 cm³/mol. The number of hydrogen-bond donors (Lipinski definition) is 0. The van der Waals surface area contributed by atoms with Crippen LogP contribution in [0.3, 0.4) is 0 Å². The van der Waals surface area contributed by atoms with E-state index >= 15 is 0 Å². The molecule has 1 heterocycles. The third-order valence-corrected chi connectivity index (χ3v) is 3.47. The lowest BCUT2D eigenvalue weighted by Crippen LogP contribution is -2.19. The Balaban J connectivity index is 2.06. The molecule has 1 aromatic rings. The summed E-state index contributed by atoms with van der Waals surface area (Å²) in [5.74, 6) is 1.46. The van der Waals surface area contributed by atoms with E-state index in [0.717, 1.165) is 12.8 Å². The third-order valence-electron chi connectivity index (χ3n) is 3.47. The molecular weight excluding hydrogens is 232 g/mol. The highest BCUT2D eigenvalue weighted by Crippen LogP contribution is 2.35. The molecule has 5 nitrogen and oxygen atoms in total. The van der Waals surface area contributed by atoms with Crippen molar-refractivity contribution in [3.63, 3.8) is 0 Å². The average molecular weight is 252 g/mol. The van der Waals surface area contributed by atoms with Crippen molar-refractivity contribution in [2.75, 3.05) is 7.11 Å². The Morgan fingerprint density at radius 3 is 2.78 bits per heavy atom. The van der Waals surface area contributed by atoms with Crippen LogP contribution in [0.4, 0.5) is 0 Å². The fraction of sp³-hybridized carbons (Fsp3) is 0.769. The topological polar surface area (TPSA) is 65.2 Å². The number of methoxy groups -OCH3 is 1. The number of Topliss-reactive ketones (excluding diaryl/α,β-unsaturated/α-hetero) is 1. The number of nitrogens with zero attached hydrogens (tertiary/aromatic N) is 2. The van der Waals surface area contributed by atoms with E-state index in [1.54, 1.807) is 7.11 Å². The number of carbonyl (C=O) groups is 1. The summed E-state index contributed by atoms with van der Waals surface area (Å²) in [6, 6.07) is 0. The molecule has 1 saturated carbocycles. The van der Waals surface area contributed by atoms with Gasteiger partial charge in [-0.25, -0.2) is 0 Å². The first-order valence-electron chi connectivity index (χ1n) is 6.55. The largest absolute Gasteiger partial charge is 0.373 e. The van der Waals surface area contributed by atoms with Crippen LogP contribution in [-0.2, 0) is 16.0 Å². The summed E-state index contributed by atoms with van der Waals surface area (Å²) in [4.78, 5) is 15.3. The Bertz CT molecular complexity index is 397. The molecule has 0 N–H and O–H groups in total. The fourth-order valence-corrected chi connectivity index (χ4v) is 2.61. The molecule has 0 saturated heterocycles. The second-order valence-electron chi connectivity index (χ2n) is 4.98. The molecule has 1 fully saturated rings. The molecule has 0 radical (unpaired) electrons. The van der Waals surface area contributed by atoms with Crippen LogP contribution in [0.5, 0.6) is 0 Å². The van der Waals surface area contributed by atoms with Crippen LogP contribution in [0.2, 0.25) is 0 Å². The van der Waals surface area contributed by atoms with E-state index in [4.69, 9.17) is 9.26 Å². The van der Waals surface area contributed by atoms with Crippen LogP contribution in [0, 0.1) is 5.92 Å². The van der Waals surface area contributed by atoms with Gasteiger partial charge in [-0.15, -0.1) is 0 Å². The lowest BCUT2D eigenvalue weighted by molar-refractivity contribution is -0.116. The lowest BCUT2D eigenvalue weighted by atomic mass is 9.85. The first-order valence-corrected chi connectivity index (χ1v) is 6.55. The van der Waals surface area contributed by atoms with E-state index in [0.29, 0.717) is 17.6 Å². The molecule has 2 rings (SSSR count). The number of ketones is 1. The first-order chi connectivity index (χ1) is 8.70. The van der Waals surface area contributed by atoms with Gasteiger partial charge in [0.2, 0.25) is 11.7 Å². The van der Waals surface area contributed by atoms with Gasteiger partial charge in [-0.1, -0.05) is 24.4 Å². The normalized spacial score (nSPS) is 18.8. The molecule has 0 spiro atoms. The van der Waals surface area contributed by atoms with Crippen LogP contribution < -0.4 is 0 Å². The second kappa shape index (κ2) is 6.09. The Labute approximate surface area is 107 Å². The van der Waals surface area contributed by atoms with Gasteiger partial charge < -0.3 is 9.26 Å². The van der Waals surface area contributed by atoms with Crippen molar-refractivity contribution in [3.8, 4) is 0 Å². The van der Waals surface area contributed by atoms with Crippen molar-refractivity contribution >= 4 is 5.78 Å². The zero-order chi connectivity index (χ0) is 13.0. The molecule has 1 aliphatic carbocycles. The van der Waals surface area contributed by atoms with Gasteiger partial charge in [0.25, 0.3) is 0 Å². The van der Waals surface area contributed by atoms with Gasteiger partial charge >= 0.3 is 0 Å². The summed E-state index contributed by atoms with van der Waals surface area (Å²) in [6.45, 7) is 1.51. The number of hydrogen-bond acceptors (Lipinski definition) is 5. The van der Waals surface area contributed by atoms with Crippen molar-refractivity contribution in [3.05, 3.63) is 11.7 Å². The van der Waals surface area contributed by atoms with E-state index in [9.17, 15) is 4.79 Å². The maximum Gasteiger partial charge on any atom is 0.234 e. The van der Waals surface area contributed by atoms with Crippen molar-refractivity contribution in [1.82, 2.24) is 10.1 Å². The van der Waals surface area contributed by atoms with Crippen LogP contribution in [0.15, 0.2) is 4.52 Å². The van der Waals surface area contributed by atoms with E-state index in [1.165, 1.54) is 26.2 Å². The number of carbonyl (C=O) groups excluding carboxylic acids is 1. The monoisotopic (exact) mass is 252 g/mol. The van der Waals surface area contributed by atoms with Crippen molar-refractivity contribution in [1.29, 1.82) is 0 Å². The van der Waals surface area contributed by atoms with Crippen LogP contribution >= 0.6 is 0 Å². The second-order valence-corrected chi connectivity index (χ2v) is 4.98. The highest BCUT2D eigenvalue weighted by molar-refractivity contribution is 5.77. The quantitative estimate of drug-likeness (QED) is 0.805. The molecule has 18 heavy (non-hydrogen) atoms. The van der Waals surface area contributed by atoms with Gasteiger partial charge in [-0.3, -0.25) is 4.79 Å². The molecule has 5 heteroatoms. The number of rotatable bonds is 5. The average Bonchev–Trinajstić information content (AvgIpc) is 2.79. The minimum atomic E-state index is -0.102. The maximum absolute atomic E-state index is 11.0. The molecule has 0 aromatic carbocycles. The van der Waals surface area contributed by atoms with Gasteiger partial charge in [0.1, 0.15) is 11.9 Å². The van der Waals surface area contributed by atoms with Gasteiger partial charge in [0.05, 0.1) is 6.42 Å². The first kappa shape index (κ1) is 13.2. The molecule has 1 atom stereocenters. The van der Waals surface area contributed by atoms with Gasteiger partial charge in [0, 0.05) is 7.11 Å². The molecule has 1 aliphatic rings. The summed E-state index contributed by atoms with van der Waals surface area (Å²) in [5, 5.41) is 3.95. The molecule has 0 aliphatic heterocycles. The zero-order valence-corrected chi connectivity index (χ0v) is 11.0. The lowest BCUT2D eigenvalue weighted by Gasteiger charge is -2.26. The Kier molecular flexibility index (Phi) is 4.47. The third kappa shape index (κ3) is 3.16. The summed E-state index contributed by atoms with van der Waals surface area (Å²) in [5.41, 5.74) is 0. The molecule has 1 unspecified atom stereocenters. The van der Waals surface area contributed by atoms with Crippen LogP contribution in [0.1, 0.15) is 56.8 Å². The Hall–Kier alpha value is -1.23. The van der Waals surface area contributed by atoms with Gasteiger partial charge in [-0.2, -0.15) is 4.98 Å². The van der Waals surface area contributed by atoms with E-state index in [2.05, 4.69) is 10.1 Å². The molecule has 1 aromatic heterocycles. The van der Waals surface area contributed by atoms with Crippen LogP contribution in [-0.4, -0.2) is 23.0 Å². The smallest absolute Gasteiger partial charge is 0.234 e. The van der Waals surface area contributed by atoms with Crippen molar-refractivity contribution < 1.29 is 14.1 Å². The standard InChI is InChI=1S/C13H20N2O3/c1-9(16)8-11-14-13(15-18-11)12(17-2)10-6-4-3-5-7-10/h10,12H,3-8H2,1-2H3. The van der Waals surface area contributed by atoms with Crippen molar-refractivity contribution in [2.45, 2.75) is 51.6 Å². The van der Waals surface area contributed by atoms with E-state index in [-0.39, 0.29) is 18.3 Å². The summed E-state index contributed by atoms with van der Waals surface area (Å²) < 4.78 is 10.6. The maximum atomic E-state index is 11.0. The van der Waals surface area contributed by atoms with E-state index in [1.807, 2.05) is 0 Å². The minimum absolute atomic E-state index is 0.0248. The molecule has 100 valence electrons. The summed E-state index contributed by atoms with van der Waals surface area (Å²) in [7, 11) is 1.68. The number of ether oxygens (including phenoxy) is 1. The highest BCUT2D eigenvalue weighted by atomic mass is 16.5. The SMILES string of the molecule is COC(c1noc(CC(C)=O)n1)C1CCCCC1. The van der Waals surface area contributed by atoms with Gasteiger partial charge in [0.15, 0.2) is 0 Å². The Morgan fingerprint density at radius 2 is 2.17 bits per heavy atom. The van der Waals surface area contributed by atoms with Crippen molar-refractivity contribution in [2.24, 2.45) is 5.92 Å². The molecular formula is C13H20N2O3. The minimum Gasteiger partial charge on any atom is -0.373 e. The summed E-state index contributed by atoms with van der Waals surface area (Å²) >= 11 is 0. The fourth-order valence-electron chi connectivity index (χ4n) is 2.61. The van der Waals surface area contributed by atoms with E-state index < -0.39 is 0 Å². The number of aromatic nitrogens is 2. The molecule has 0 amide bonds. The Morgan fingerprint density at radius 1 is 1.44 bits per heavy atom. The van der Waals surface area contributed by atoms with Crippen LogP contribution in [0.25, 0.3) is 0 Å². The molecule has 0 bridgehead atoms.